The number of aromatic amines is 1. The van der Waals surface area contributed by atoms with E-state index in [9.17, 15) is 9.90 Å². The third-order valence-electron chi connectivity index (χ3n) is 7.64. The van der Waals surface area contributed by atoms with Gasteiger partial charge in [-0.15, -0.1) is 0 Å². The van der Waals surface area contributed by atoms with Gasteiger partial charge >= 0.3 is 5.97 Å². The molecule has 0 bridgehead atoms. The number of H-pyrrole nitrogens is 1. The SMILES string of the molecule is CN1CC(c2[nH]c3c(c2C(=O)O)CCc2cnc(-c4cccc(Cl)c4)cc2-3)(C2(N)CC2)C1. The number of fused-ring (bicyclic) bond motifs is 3. The predicted molar refractivity (Wildman–Crippen MR) is 124 cm³/mol. The molecule has 3 aromatic rings. The summed E-state index contributed by atoms with van der Waals surface area (Å²) in [6.07, 6.45) is 5.23. The Hall–Kier alpha value is -2.67. The van der Waals surface area contributed by atoms with Crippen molar-refractivity contribution in [2.45, 2.75) is 36.6 Å². The molecule has 164 valence electrons. The van der Waals surface area contributed by atoms with Crippen molar-refractivity contribution in [3.05, 3.63) is 63.9 Å². The number of pyridine rings is 1. The van der Waals surface area contributed by atoms with Crippen LogP contribution < -0.4 is 5.73 Å². The summed E-state index contributed by atoms with van der Waals surface area (Å²) < 4.78 is 0. The lowest BCUT2D eigenvalue weighted by molar-refractivity contribution is 0.0541. The van der Waals surface area contributed by atoms with Gasteiger partial charge in [0.15, 0.2) is 0 Å². The molecule has 0 radical (unpaired) electrons. The molecule has 6 nitrogen and oxygen atoms in total. The largest absolute Gasteiger partial charge is 0.478 e. The first-order valence-electron chi connectivity index (χ1n) is 11.0. The van der Waals surface area contributed by atoms with Crippen molar-refractivity contribution < 1.29 is 9.90 Å². The highest BCUT2D eigenvalue weighted by molar-refractivity contribution is 6.30. The number of hydrogen-bond donors (Lipinski definition) is 3. The van der Waals surface area contributed by atoms with Crippen LogP contribution in [0.4, 0.5) is 0 Å². The van der Waals surface area contributed by atoms with E-state index in [1.54, 1.807) is 0 Å². The smallest absolute Gasteiger partial charge is 0.337 e. The number of nitrogens with zero attached hydrogens (tertiary/aromatic N) is 2. The second kappa shape index (κ2) is 6.67. The minimum Gasteiger partial charge on any atom is -0.478 e. The van der Waals surface area contributed by atoms with Gasteiger partial charge in [0.1, 0.15) is 0 Å². The summed E-state index contributed by atoms with van der Waals surface area (Å²) in [6, 6.07) is 9.69. The number of carbonyl (C=O) groups is 1. The topological polar surface area (TPSA) is 95.2 Å². The van der Waals surface area contributed by atoms with Crippen LogP contribution in [-0.2, 0) is 18.3 Å². The Kier molecular flexibility index (Phi) is 4.16. The minimum atomic E-state index is -0.872. The Bertz CT molecular complexity index is 1270. The first kappa shape index (κ1) is 20.0. The number of rotatable bonds is 4. The molecule has 3 heterocycles. The van der Waals surface area contributed by atoms with Crippen molar-refractivity contribution in [1.82, 2.24) is 14.9 Å². The summed E-state index contributed by atoms with van der Waals surface area (Å²) in [6.45, 7) is 1.56. The second-order valence-corrected chi connectivity index (χ2v) is 10.1. The fourth-order valence-corrected chi connectivity index (χ4v) is 6.00. The summed E-state index contributed by atoms with van der Waals surface area (Å²) >= 11 is 6.20. The van der Waals surface area contributed by atoms with Gasteiger partial charge in [0.05, 0.1) is 22.4 Å². The number of carboxylic acid groups (broad SMARTS) is 1. The number of carboxylic acids is 1. The van der Waals surface area contributed by atoms with E-state index in [-0.39, 0.29) is 11.0 Å². The molecular weight excluding hydrogens is 424 g/mol. The molecule has 2 fully saturated rings. The summed E-state index contributed by atoms with van der Waals surface area (Å²) in [7, 11) is 2.06. The number of likely N-dealkylation sites (N-methyl/N-ethyl adjacent to an activating group) is 1. The average molecular weight is 449 g/mol. The highest BCUT2D eigenvalue weighted by atomic mass is 35.5. The van der Waals surface area contributed by atoms with E-state index in [4.69, 9.17) is 17.3 Å². The van der Waals surface area contributed by atoms with Crippen molar-refractivity contribution in [2.24, 2.45) is 5.73 Å². The van der Waals surface area contributed by atoms with Crippen LogP contribution in [-0.4, -0.2) is 51.6 Å². The molecule has 2 aromatic heterocycles. The monoisotopic (exact) mass is 448 g/mol. The molecule has 7 heteroatoms. The summed E-state index contributed by atoms with van der Waals surface area (Å²) in [4.78, 5) is 23.0. The molecular formula is C25H25ClN4O2. The van der Waals surface area contributed by atoms with Gasteiger partial charge in [-0.1, -0.05) is 23.7 Å². The normalized spacial score (nSPS) is 20.2. The van der Waals surface area contributed by atoms with E-state index in [0.717, 1.165) is 71.7 Å². The number of aryl methyl sites for hydroxylation is 1. The number of nitrogens with two attached hydrogens (primary N) is 1. The van der Waals surface area contributed by atoms with Gasteiger partial charge in [-0.25, -0.2) is 4.79 Å². The van der Waals surface area contributed by atoms with Gasteiger partial charge in [-0.3, -0.25) is 4.98 Å². The molecule has 0 amide bonds. The molecule has 4 N–H and O–H groups in total. The fraction of sp³-hybridized carbons (Fsp3) is 0.360. The summed E-state index contributed by atoms with van der Waals surface area (Å²) in [5.74, 6) is -0.872. The van der Waals surface area contributed by atoms with E-state index < -0.39 is 5.97 Å². The van der Waals surface area contributed by atoms with Crippen LogP contribution in [0.1, 0.15) is 40.0 Å². The quantitative estimate of drug-likeness (QED) is 0.563. The third kappa shape index (κ3) is 2.73. The minimum absolute atomic E-state index is 0.329. The van der Waals surface area contributed by atoms with Gasteiger partial charge < -0.3 is 20.7 Å². The Morgan fingerprint density at radius 3 is 2.69 bits per heavy atom. The Morgan fingerprint density at radius 1 is 1.25 bits per heavy atom. The molecule has 1 saturated carbocycles. The molecule has 1 saturated heterocycles. The highest BCUT2D eigenvalue weighted by Crippen LogP contribution is 2.55. The first-order chi connectivity index (χ1) is 15.3. The van der Waals surface area contributed by atoms with Crippen LogP contribution in [0.15, 0.2) is 36.5 Å². The van der Waals surface area contributed by atoms with Crippen LogP contribution >= 0.6 is 11.6 Å². The lowest BCUT2D eigenvalue weighted by Crippen LogP contribution is -2.68. The van der Waals surface area contributed by atoms with E-state index in [1.165, 1.54) is 0 Å². The van der Waals surface area contributed by atoms with Crippen LogP contribution in [0.25, 0.3) is 22.5 Å². The molecule has 2 aliphatic carbocycles. The number of aromatic nitrogens is 2. The average Bonchev–Trinajstić information content (AvgIpc) is 3.37. The van der Waals surface area contributed by atoms with E-state index in [1.807, 2.05) is 30.5 Å². The summed E-state index contributed by atoms with van der Waals surface area (Å²) in [5.41, 5.74) is 13.0. The molecule has 0 unspecified atom stereocenters. The maximum atomic E-state index is 12.5. The Balaban J connectivity index is 1.53. The van der Waals surface area contributed by atoms with Gasteiger partial charge in [0, 0.05) is 46.7 Å². The lowest BCUT2D eigenvalue weighted by atomic mass is 9.68. The highest BCUT2D eigenvalue weighted by Gasteiger charge is 2.64. The van der Waals surface area contributed by atoms with Crippen molar-refractivity contribution in [1.29, 1.82) is 0 Å². The van der Waals surface area contributed by atoms with Gasteiger partial charge in [-0.05, 0) is 62.1 Å². The zero-order valence-electron chi connectivity index (χ0n) is 17.9. The lowest BCUT2D eigenvalue weighted by Gasteiger charge is -2.52. The molecule has 32 heavy (non-hydrogen) atoms. The van der Waals surface area contributed by atoms with Crippen molar-refractivity contribution in [3.8, 4) is 22.5 Å². The molecule has 1 aliphatic heterocycles. The fourth-order valence-electron chi connectivity index (χ4n) is 5.81. The number of aromatic carboxylic acids is 1. The van der Waals surface area contributed by atoms with Crippen molar-refractivity contribution in [2.75, 3.05) is 20.1 Å². The van der Waals surface area contributed by atoms with Crippen molar-refractivity contribution in [3.63, 3.8) is 0 Å². The van der Waals surface area contributed by atoms with E-state index >= 15 is 0 Å². The standard InChI is InChI=1S/C25H25ClN4O2/c1-30-12-24(13-30,25(27)7-8-25)22-20(23(31)32)17-6-5-15-11-28-19(10-18(15)21(17)29-22)14-3-2-4-16(26)9-14/h2-4,9-11,29H,5-8,12-13,27H2,1H3,(H,31,32). The van der Waals surface area contributed by atoms with Crippen LogP contribution in [0.2, 0.25) is 5.02 Å². The molecule has 3 aliphatic rings. The second-order valence-electron chi connectivity index (χ2n) is 9.68. The van der Waals surface area contributed by atoms with Gasteiger partial charge in [0.25, 0.3) is 0 Å². The van der Waals surface area contributed by atoms with Crippen LogP contribution in [0.5, 0.6) is 0 Å². The van der Waals surface area contributed by atoms with E-state index in [0.29, 0.717) is 17.0 Å². The molecule has 0 atom stereocenters. The maximum Gasteiger partial charge on any atom is 0.337 e. The number of hydrogen-bond acceptors (Lipinski definition) is 4. The Labute approximate surface area is 191 Å². The molecule has 0 spiro atoms. The van der Waals surface area contributed by atoms with Crippen molar-refractivity contribution >= 4 is 17.6 Å². The summed E-state index contributed by atoms with van der Waals surface area (Å²) in [5, 5.41) is 10.9. The molecule has 1 aromatic carbocycles. The van der Waals surface area contributed by atoms with Crippen LogP contribution in [0.3, 0.4) is 0 Å². The number of likely N-dealkylation sites (tertiary alicyclic amines) is 1. The zero-order valence-corrected chi connectivity index (χ0v) is 18.7. The third-order valence-corrected chi connectivity index (χ3v) is 7.87. The predicted octanol–water partition coefficient (Wildman–Crippen LogP) is 3.87. The number of halogens is 1. The Morgan fingerprint density at radius 2 is 2.03 bits per heavy atom. The molecule has 6 rings (SSSR count). The number of nitrogens with one attached hydrogen (secondary N) is 1. The van der Waals surface area contributed by atoms with Crippen LogP contribution in [0, 0.1) is 0 Å². The van der Waals surface area contributed by atoms with E-state index in [2.05, 4.69) is 28.0 Å². The number of benzene rings is 1. The zero-order chi connectivity index (χ0) is 22.3. The first-order valence-corrected chi connectivity index (χ1v) is 11.4. The maximum absolute atomic E-state index is 12.5. The van der Waals surface area contributed by atoms with Gasteiger partial charge in [-0.2, -0.15) is 0 Å². The van der Waals surface area contributed by atoms with Gasteiger partial charge in [0.2, 0.25) is 0 Å².